The molecule has 38 heavy (non-hydrogen) atoms. The molecule has 0 unspecified atom stereocenters. The number of nitrogens with zero attached hydrogens (tertiary/aromatic N) is 1. The van der Waals surface area contributed by atoms with Crippen LogP contribution in [0.1, 0.15) is 22.3 Å². The summed E-state index contributed by atoms with van der Waals surface area (Å²) in [7, 11) is 1.62. The summed E-state index contributed by atoms with van der Waals surface area (Å²) in [5.41, 5.74) is 2.93. The Morgan fingerprint density at radius 2 is 1.34 bits per heavy atom. The molecule has 0 bridgehead atoms. The maximum atomic E-state index is 12.7. The van der Waals surface area contributed by atoms with E-state index in [9.17, 15) is 9.90 Å². The second kappa shape index (κ2) is 11.5. The first-order valence-corrected chi connectivity index (χ1v) is 12.8. The highest BCUT2D eigenvalue weighted by atomic mass is 16.5. The van der Waals surface area contributed by atoms with E-state index in [0.29, 0.717) is 13.1 Å². The fourth-order valence-electron chi connectivity index (χ4n) is 5.02. The molecule has 2 N–H and O–H groups in total. The van der Waals surface area contributed by atoms with E-state index in [1.54, 1.807) is 12.0 Å². The van der Waals surface area contributed by atoms with Crippen molar-refractivity contribution in [1.82, 2.24) is 10.2 Å². The van der Waals surface area contributed by atoms with Gasteiger partial charge in [-0.1, -0.05) is 103 Å². The number of aliphatic hydroxyl groups excluding tert-OH is 1. The highest BCUT2D eigenvalue weighted by Gasteiger charge is 2.40. The molecule has 6 nitrogen and oxygen atoms in total. The Balaban J connectivity index is 1.37. The van der Waals surface area contributed by atoms with Crippen LogP contribution < -0.4 is 10.1 Å². The number of benzene rings is 4. The molecular weight excluding hydrogens is 476 g/mol. The lowest BCUT2D eigenvalue weighted by Gasteiger charge is -2.37. The van der Waals surface area contributed by atoms with Crippen LogP contribution in [0.2, 0.25) is 0 Å². The Kier molecular flexibility index (Phi) is 7.73. The van der Waals surface area contributed by atoms with Gasteiger partial charge in [0, 0.05) is 13.1 Å². The molecule has 1 aliphatic rings. The lowest BCUT2D eigenvalue weighted by Crippen LogP contribution is -2.44. The number of hydrogen-bond acceptors (Lipinski definition) is 4. The number of rotatable bonds is 10. The highest BCUT2D eigenvalue weighted by Crippen LogP contribution is 2.40. The van der Waals surface area contributed by atoms with Gasteiger partial charge in [-0.3, -0.25) is 0 Å². The van der Waals surface area contributed by atoms with Crippen LogP contribution in [0.25, 0.3) is 0 Å². The molecule has 0 aliphatic carbocycles. The van der Waals surface area contributed by atoms with Gasteiger partial charge in [0.15, 0.2) is 0 Å². The van der Waals surface area contributed by atoms with Crippen molar-refractivity contribution < 1.29 is 19.4 Å². The highest BCUT2D eigenvalue weighted by molar-refractivity contribution is 5.77. The average Bonchev–Trinajstić information content (AvgIpc) is 3.35. The van der Waals surface area contributed by atoms with Crippen molar-refractivity contribution in [3.8, 4) is 5.75 Å². The second-order valence-electron chi connectivity index (χ2n) is 9.44. The molecule has 0 saturated carbocycles. The SMILES string of the molecule is COc1ccc(CN2C[C@@H]([C@@H](O)COC(c3ccccc3)(c3ccccc3)c3ccccc3)NC2=O)cc1. The van der Waals surface area contributed by atoms with Crippen LogP contribution >= 0.6 is 0 Å². The fraction of sp³-hybridized carbons (Fsp3) is 0.219. The molecule has 0 aromatic heterocycles. The molecule has 1 saturated heterocycles. The molecule has 2 atom stereocenters. The number of nitrogens with one attached hydrogen (secondary N) is 1. The van der Waals surface area contributed by atoms with E-state index >= 15 is 0 Å². The molecular formula is C32H32N2O4. The lowest BCUT2D eigenvalue weighted by atomic mass is 9.80. The van der Waals surface area contributed by atoms with Gasteiger partial charge in [0.05, 0.1) is 25.9 Å². The van der Waals surface area contributed by atoms with Crippen LogP contribution in [0, 0.1) is 0 Å². The molecule has 5 rings (SSSR count). The van der Waals surface area contributed by atoms with Gasteiger partial charge >= 0.3 is 6.03 Å². The molecule has 1 heterocycles. The Bertz CT molecular complexity index is 1220. The standard InChI is InChI=1S/C32H32N2O4/c1-37-28-19-17-24(18-20-28)21-34-22-29(33-31(34)36)30(35)23-38-32(25-11-5-2-6-12-25,26-13-7-3-8-14-26)27-15-9-4-10-16-27/h2-20,29-30,35H,21-23H2,1H3,(H,33,36)/t29-,30-/m0/s1. The van der Waals surface area contributed by atoms with E-state index in [4.69, 9.17) is 9.47 Å². The minimum Gasteiger partial charge on any atom is -0.497 e. The molecule has 4 aromatic rings. The minimum absolute atomic E-state index is 0.0278. The monoisotopic (exact) mass is 508 g/mol. The predicted octanol–water partition coefficient (Wildman–Crippen LogP) is 4.96. The van der Waals surface area contributed by atoms with E-state index < -0.39 is 17.7 Å². The van der Waals surface area contributed by atoms with Crippen LogP contribution in [0.15, 0.2) is 115 Å². The summed E-state index contributed by atoms with van der Waals surface area (Å²) in [4.78, 5) is 14.4. The maximum absolute atomic E-state index is 12.7. The molecule has 0 radical (unpaired) electrons. The molecule has 4 aromatic carbocycles. The second-order valence-corrected chi connectivity index (χ2v) is 9.44. The van der Waals surface area contributed by atoms with Gasteiger partial charge in [-0.25, -0.2) is 4.79 Å². The van der Waals surface area contributed by atoms with Gasteiger partial charge < -0.3 is 24.8 Å². The minimum atomic E-state index is -0.934. The number of urea groups is 1. The number of ether oxygens (including phenoxy) is 2. The van der Waals surface area contributed by atoms with Gasteiger partial charge in [-0.2, -0.15) is 0 Å². The van der Waals surface area contributed by atoms with E-state index in [0.717, 1.165) is 28.0 Å². The Morgan fingerprint density at radius 1 is 0.842 bits per heavy atom. The Hall–Kier alpha value is -4.13. The zero-order chi connectivity index (χ0) is 26.4. The number of hydrogen-bond donors (Lipinski definition) is 2. The smallest absolute Gasteiger partial charge is 0.318 e. The average molecular weight is 509 g/mol. The largest absolute Gasteiger partial charge is 0.497 e. The summed E-state index contributed by atoms with van der Waals surface area (Å²) in [5, 5.41) is 14.2. The lowest BCUT2D eigenvalue weighted by molar-refractivity contribution is -0.0460. The molecule has 6 heteroatoms. The van der Waals surface area contributed by atoms with Crippen molar-refractivity contribution in [2.75, 3.05) is 20.3 Å². The third-order valence-electron chi connectivity index (χ3n) is 7.02. The van der Waals surface area contributed by atoms with Crippen molar-refractivity contribution in [1.29, 1.82) is 0 Å². The van der Waals surface area contributed by atoms with E-state index in [2.05, 4.69) is 5.32 Å². The number of carbonyl (C=O) groups excluding carboxylic acids is 1. The summed E-state index contributed by atoms with van der Waals surface area (Å²) in [5.74, 6) is 0.767. The summed E-state index contributed by atoms with van der Waals surface area (Å²) >= 11 is 0. The van der Waals surface area contributed by atoms with E-state index in [1.807, 2.05) is 115 Å². The summed E-state index contributed by atoms with van der Waals surface area (Å²) in [6, 6.07) is 37.1. The van der Waals surface area contributed by atoms with Crippen molar-refractivity contribution >= 4 is 6.03 Å². The van der Waals surface area contributed by atoms with Crippen molar-refractivity contribution in [3.63, 3.8) is 0 Å². The third kappa shape index (κ3) is 5.28. The first-order valence-electron chi connectivity index (χ1n) is 12.8. The van der Waals surface area contributed by atoms with Crippen LogP contribution in [0.4, 0.5) is 4.79 Å². The normalized spacial score (nSPS) is 16.2. The molecule has 194 valence electrons. The van der Waals surface area contributed by atoms with E-state index in [-0.39, 0.29) is 12.6 Å². The molecule has 1 fully saturated rings. The van der Waals surface area contributed by atoms with Crippen molar-refractivity contribution in [2.45, 2.75) is 24.3 Å². The Morgan fingerprint density at radius 3 is 1.82 bits per heavy atom. The number of carbonyl (C=O) groups is 1. The van der Waals surface area contributed by atoms with Crippen LogP contribution in [-0.2, 0) is 16.9 Å². The first-order chi connectivity index (χ1) is 18.6. The molecule has 1 aliphatic heterocycles. The first kappa shape index (κ1) is 25.5. The van der Waals surface area contributed by atoms with Crippen LogP contribution in [0.3, 0.4) is 0 Å². The van der Waals surface area contributed by atoms with Crippen LogP contribution in [-0.4, -0.2) is 48.4 Å². The van der Waals surface area contributed by atoms with Gasteiger partial charge in [0.25, 0.3) is 0 Å². The van der Waals surface area contributed by atoms with Crippen molar-refractivity contribution in [3.05, 3.63) is 138 Å². The maximum Gasteiger partial charge on any atom is 0.318 e. The molecule has 0 spiro atoms. The van der Waals surface area contributed by atoms with Gasteiger partial charge in [-0.05, 0) is 34.4 Å². The number of methoxy groups -OCH3 is 1. The summed E-state index contributed by atoms with van der Waals surface area (Å²) in [6.45, 7) is 0.853. The number of amides is 2. The number of aliphatic hydroxyl groups is 1. The van der Waals surface area contributed by atoms with E-state index in [1.165, 1.54) is 0 Å². The zero-order valence-corrected chi connectivity index (χ0v) is 21.4. The van der Waals surface area contributed by atoms with Gasteiger partial charge in [0.1, 0.15) is 11.4 Å². The van der Waals surface area contributed by atoms with Crippen molar-refractivity contribution in [2.24, 2.45) is 0 Å². The van der Waals surface area contributed by atoms with Crippen LogP contribution in [0.5, 0.6) is 5.75 Å². The third-order valence-corrected chi connectivity index (χ3v) is 7.02. The quantitative estimate of drug-likeness (QED) is 0.297. The topological polar surface area (TPSA) is 71.0 Å². The Labute approximate surface area is 223 Å². The zero-order valence-electron chi connectivity index (χ0n) is 21.4. The predicted molar refractivity (Wildman–Crippen MR) is 147 cm³/mol. The molecule has 2 amide bonds. The summed E-state index contributed by atoms with van der Waals surface area (Å²) in [6.07, 6.45) is -0.907. The van der Waals surface area contributed by atoms with Gasteiger partial charge in [0.2, 0.25) is 0 Å². The van der Waals surface area contributed by atoms with Gasteiger partial charge in [-0.15, -0.1) is 0 Å². The summed E-state index contributed by atoms with van der Waals surface area (Å²) < 4.78 is 12.0. The fourth-order valence-corrected chi connectivity index (χ4v) is 5.02.